The van der Waals surface area contributed by atoms with E-state index in [1.165, 1.54) is 11.1 Å². The van der Waals surface area contributed by atoms with E-state index in [0.717, 1.165) is 36.6 Å². The first-order chi connectivity index (χ1) is 14.6. The van der Waals surface area contributed by atoms with Gasteiger partial charge in [0.25, 0.3) is 0 Å². The molecule has 2 aromatic rings. The van der Waals surface area contributed by atoms with E-state index in [1.54, 1.807) is 7.11 Å². The summed E-state index contributed by atoms with van der Waals surface area (Å²) in [7, 11) is 1.67. The molecule has 1 saturated heterocycles. The highest BCUT2D eigenvalue weighted by atomic mass is 16.7. The Bertz CT molecular complexity index is 883. The Morgan fingerprint density at radius 3 is 2.63 bits per heavy atom. The number of amides is 1. The number of hydrogen-bond donors (Lipinski definition) is 1. The Balaban J connectivity index is 1.55. The maximum atomic E-state index is 12.6. The summed E-state index contributed by atoms with van der Waals surface area (Å²) in [6.07, 6.45) is 1.87. The van der Waals surface area contributed by atoms with Crippen LogP contribution in [-0.4, -0.2) is 43.8 Å². The third kappa shape index (κ3) is 4.38. The minimum absolute atomic E-state index is 0.0780. The van der Waals surface area contributed by atoms with E-state index < -0.39 is 0 Å². The van der Waals surface area contributed by atoms with Crippen molar-refractivity contribution < 1.29 is 19.0 Å². The van der Waals surface area contributed by atoms with Crippen molar-refractivity contribution in [2.75, 3.05) is 27.0 Å². The van der Waals surface area contributed by atoms with Crippen molar-refractivity contribution in [1.82, 2.24) is 10.2 Å². The molecule has 0 spiro atoms. The van der Waals surface area contributed by atoms with E-state index in [9.17, 15) is 4.79 Å². The van der Waals surface area contributed by atoms with Crippen LogP contribution in [0.15, 0.2) is 42.5 Å². The van der Waals surface area contributed by atoms with Gasteiger partial charge in [-0.05, 0) is 61.1 Å². The van der Waals surface area contributed by atoms with Crippen LogP contribution in [0.5, 0.6) is 17.2 Å². The molecule has 6 heteroatoms. The normalized spacial score (nSPS) is 21.4. The predicted molar refractivity (Wildman–Crippen MR) is 115 cm³/mol. The van der Waals surface area contributed by atoms with Gasteiger partial charge in [0.15, 0.2) is 11.5 Å². The van der Waals surface area contributed by atoms with Crippen LogP contribution in [0.2, 0.25) is 0 Å². The molecule has 2 heterocycles. The van der Waals surface area contributed by atoms with Crippen LogP contribution in [0, 0.1) is 0 Å². The molecule has 1 N–H and O–H groups in total. The summed E-state index contributed by atoms with van der Waals surface area (Å²) in [5.74, 6) is 2.84. The second-order valence-corrected chi connectivity index (χ2v) is 8.14. The third-order valence-corrected chi connectivity index (χ3v) is 6.14. The minimum atomic E-state index is 0.0780. The first kappa shape index (κ1) is 20.5. The van der Waals surface area contributed by atoms with Crippen LogP contribution >= 0.6 is 0 Å². The zero-order valence-corrected chi connectivity index (χ0v) is 17.9. The quantitative estimate of drug-likeness (QED) is 0.751. The number of benzene rings is 2. The van der Waals surface area contributed by atoms with Crippen LogP contribution in [-0.2, 0) is 4.79 Å². The molecule has 0 aromatic heterocycles. The summed E-state index contributed by atoms with van der Waals surface area (Å²) in [5, 5.41) is 3.10. The standard InChI is InChI=1S/C24H30N2O4/c1-4-16(2)25-24(27)14-26-13-19(18-7-10-22-23(12-18)30-15-29-22)11-21(26)17-5-8-20(28-3)9-6-17/h5-10,12,16,19,21H,4,11,13-15H2,1-3H3,(H,25,27). The molecule has 30 heavy (non-hydrogen) atoms. The number of nitrogens with zero attached hydrogens (tertiary/aromatic N) is 1. The van der Waals surface area contributed by atoms with Crippen molar-refractivity contribution in [3.63, 3.8) is 0 Å². The highest BCUT2D eigenvalue weighted by molar-refractivity contribution is 5.78. The number of rotatable bonds is 7. The smallest absolute Gasteiger partial charge is 0.234 e. The van der Waals surface area contributed by atoms with Crippen LogP contribution in [0.3, 0.4) is 0 Å². The van der Waals surface area contributed by atoms with Crippen LogP contribution in [0.1, 0.15) is 49.8 Å². The Kier molecular flexibility index (Phi) is 6.13. The second-order valence-electron chi connectivity index (χ2n) is 8.14. The average Bonchev–Trinajstić information content (AvgIpc) is 3.40. The van der Waals surface area contributed by atoms with Crippen molar-refractivity contribution in [3.8, 4) is 17.2 Å². The van der Waals surface area contributed by atoms with E-state index in [0.29, 0.717) is 12.5 Å². The fourth-order valence-electron chi connectivity index (χ4n) is 4.27. The summed E-state index contributed by atoms with van der Waals surface area (Å²) in [5.41, 5.74) is 2.43. The predicted octanol–water partition coefficient (Wildman–Crippen LogP) is 3.87. The lowest BCUT2D eigenvalue weighted by atomic mass is 9.93. The van der Waals surface area contributed by atoms with Gasteiger partial charge in [-0.3, -0.25) is 9.69 Å². The highest BCUT2D eigenvalue weighted by Crippen LogP contribution is 2.43. The Morgan fingerprint density at radius 1 is 1.17 bits per heavy atom. The van der Waals surface area contributed by atoms with E-state index in [2.05, 4.69) is 41.4 Å². The fourth-order valence-corrected chi connectivity index (χ4v) is 4.27. The van der Waals surface area contributed by atoms with Crippen molar-refractivity contribution >= 4 is 5.91 Å². The summed E-state index contributed by atoms with van der Waals surface area (Å²) in [6, 6.07) is 14.7. The third-order valence-electron chi connectivity index (χ3n) is 6.14. The largest absolute Gasteiger partial charge is 0.497 e. The first-order valence-electron chi connectivity index (χ1n) is 10.6. The number of carbonyl (C=O) groups excluding carboxylic acids is 1. The topological polar surface area (TPSA) is 60.0 Å². The van der Waals surface area contributed by atoms with E-state index in [1.807, 2.05) is 25.1 Å². The molecule has 2 aromatic carbocycles. The van der Waals surface area contributed by atoms with Gasteiger partial charge in [-0.1, -0.05) is 25.1 Å². The molecule has 4 rings (SSSR count). The van der Waals surface area contributed by atoms with E-state index >= 15 is 0 Å². The van der Waals surface area contributed by atoms with Gasteiger partial charge in [-0.25, -0.2) is 0 Å². The lowest BCUT2D eigenvalue weighted by Crippen LogP contribution is -2.40. The molecule has 160 valence electrons. The zero-order chi connectivity index (χ0) is 21.1. The molecule has 2 aliphatic heterocycles. The first-order valence-corrected chi connectivity index (χ1v) is 10.6. The highest BCUT2D eigenvalue weighted by Gasteiger charge is 2.35. The number of likely N-dealkylation sites (tertiary alicyclic amines) is 1. The average molecular weight is 411 g/mol. The Morgan fingerprint density at radius 2 is 1.90 bits per heavy atom. The molecular formula is C24H30N2O4. The minimum Gasteiger partial charge on any atom is -0.497 e. The molecule has 6 nitrogen and oxygen atoms in total. The summed E-state index contributed by atoms with van der Waals surface area (Å²) in [4.78, 5) is 14.9. The maximum Gasteiger partial charge on any atom is 0.234 e. The van der Waals surface area contributed by atoms with Gasteiger partial charge in [0.1, 0.15) is 5.75 Å². The van der Waals surface area contributed by atoms with Crippen molar-refractivity contribution in [3.05, 3.63) is 53.6 Å². The summed E-state index contributed by atoms with van der Waals surface area (Å²) in [6.45, 7) is 5.61. The number of methoxy groups -OCH3 is 1. The van der Waals surface area contributed by atoms with Gasteiger partial charge >= 0.3 is 0 Å². The van der Waals surface area contributed by atoms with Gasteiger partial charge in [-0.2, -0.15) is 0 Å². The number of fused-ring (bicyclic) bond motifs is 1. The maximum absolute atomic E-state index is 12.6. The molecule has 1 amide bonds. The number of carbonyl (C=O) groups is 1. The number of nitrogens with one attached hydrogen (secondary N) is 1. The fraction of sp³-hybridized carbons (Fsp3) is 0.458. The monoisotopic (exact) mass is 410 g/mol. The van der Waals surface area contributed by atoms with Gasteiger partial charge in [0, 0.05) is 18.6 Å². The van der Waals surface area contributed by atoms with Gasteiger partial charge in [0.05, 0.1) is 13.7 Å². The molecule has 1 fully saturated rings. The van der Waals surface area contributed by atoms with E-state index in [4.69, 9.17) is 14.2 Å². The molecule has 3 atom stereocenters. The van der Waals surface area contributed by atoms with Crippen molar-refractivity contribution in [1.29, 1.82) is 0 Å². The van der Waals surface area contributed by atoms with Gasteiger partial charge in [0.2, 0.25) is 12.7 Å². The molecule has 0 radical (unpaired) electrons. The SMILES string of the molecule is CCC(C)NC(=O)CN1CC(c2ccc3c(c2)OCO3)CC1c1ccc(OC)cc1. The number of hydrogen-bond acceptors (Lipinski definition) is 5. The van der Waals surface area contributed by atoms with Gasteiger partial charge < -0.3 is 19.5 Å². The molecule has 0 bridgehead atoms. The molecule has 0 saturated carbocycles. The van der Waals surface area contributed by atoms with Crippen molar-refractivity contribution in [2.45, 2.75) is 44.7 Å². The van der Waals surface area contributed by atoms with E-state index in [-0.39, 0.29) is 24.8 Å². The molecule has 3 unspecified atom stereocenters. The lowest BCUT2D eigenvalue weighted by Gasteiger charge is -2.25. The number of ether oxygens (including phenoxy) is 3. The molecule has 2 aliphatic rings. The van der Waals surface area contributed by atoms with Gasteiger partial charge in [-0.15, -0.1) is 0 Å². The zero-order valence-electron chi connectivity index (χ0n) is 17.9. The Hall–Kier alpha value is -2.73. The van der Waals surface area contributed by atoms with Crippen LogP contribution in [0.25, 0.3) is 0 Å². The summed E-state index contributed by atoms with van der Waals surface area (Å²) >= 11 is 0. The summed E-state index contributed by atoms with van der Waals surface area (Å²) < 4.78 is 16.3. The molecule has 0 aliphatic carbocycles. The van der Waals surface area contributed by atoms with Crippen LogP contribution < -0.4 is 19.5 Å². The van der Waals surface area contributed by atoms with Crippen molar-refractivity contribution in [2.24, 2.45) is 0 Å². The second kappa shape index (κ2) is 8.96. The lowest BCUT2D eigenvalue weighted by molar-refractivity contribution is -0.123. The van der Waals surface area contributed by atoms with Crippen LogP contribution in [0.4, 0.5) is 0 Å². The Labute approximate surface area is 178 Å². The molecular weight excluding hydrogens is 380 g/mol.